The summed E-state index contributed by atoms with van der Waals surface area (Å²) in [5, 5.41) is 5.29. The Hall–Kier alpha value is -1.88. The van der Waals surface area contributed by atoms with Crippen LogP contribution in [0.25, 0.3) is 0 Å². The van der Waals surface area contributed by atoms with E-state index < -0.39 is 0 Å². The fourth-order valence-corrected chi connectivity index (χ4v) is 2.45. The van der Waals surface area contributed by atoms with Crippen molar-refractivity contribution in [2.75, 3.05) is 12.4 Å². The van der Waals surface area contributed by atoms with Crippen molar-refractivity contribution in [1.82, 2.24) is 4.98 Å². The molecule has 0 radical (unpaired) electrons. The predicted octanol–water partition coefficient (Wildman–Crippen LogP) is 3.41. The highest BCUT2D eigenvalue weighted by Gasteiger charge is 2.15. The van der Waals surface area contributed by atoms with Gasteiger partial charge in [-0.3, -0.25) is 0 Å². The Morgan fingerprint density at radius 1 is 1.47 bits per heavy atom. The van der Waals surface area contributed by atoms with Crippen LogP contribution in [0, 0.1) is 6.92 Å². The molecule has 4 nitrogen and oxygen atoms in total. The number of anilines is 1. The Morgan fingerprint density at radius 3 is 2.89 bits per heavy atom. The van der Waals surface area contributed by atoms with Crippen molar-refractivity contribution in [3.8, 4) is 0 Å². The van der Waals surface area contributed by atoms with Gasteiger partial charge >= 0.3 is 5.97 Å². The number of methoxy groups -OCH3 is 1. The summed E-state index contributed by atoms with van der Waals surface area (Å²) >= 11 is 1.55. The predicted molar refractivity (Wildman–Crippen MR) is 76.7 cm³/mol. The lowest BCUT2D eigenvalue weighted by Crippen LogP contribution is -2.12. The van der Waals surface area contributed by atoms with Crippen molar-refractivity contribution in [3.63, 3.8) is 0 Å². The monoisotopic (exact) mass is 276 g/mol. The van der Waals surface area contributed by atoms with Crippen LogP contribution in [0.3, 0.4) is 0 Å². The van der Waals surface area contributed by atoms with Gasteiger partial charge in [0, 0.05) is 11.1 Å². The summed E-state index contributed by atoms with van der Waals surface area (Å²) in [4.78, 5) is 16.0. The minimum absolute atomic E-state index is 0.0392. The first-order chi connectivity index (χ1) is 9.11. The Bertz CT molecular complexity index is 567. The van der Waals surface area contributed by atoms with E-state index in [-0.39, 0.29) is 12.0 Å². The van der Waals surface area contributed by atoms with Gasteiger partial charge in [0.1, 0.15) is 0 Å². The molecule has 0 aliphatic heterocycles. The Kier molecular flexibility index (Phi) is 4.16. The zero-order valence-corrected chi connectivity index (χ0v) is 12.0. The average molecular weight is 276 g/mol. The van der Waals surface area contributed by atoms with E-state index in [4.69, 9.17) is 4.74 Å². The number of carbonyl (C=O) groups is 1. The number of rotatable bonds is 4. The fraction of sp³-hybridized carbons (Fsp3) is 0.286. The first-order valence-electron chi connectivity index (χ1n) is 5.95. The number of hydrogen-bond acceptors (Lipinski definition) is 5. The number of thiazole rings is 1. The maximum absolute atomic E-state index is 11.8. The van der Waals surface area contributed by atoms with E-state index in [2.05, 4.69) is 10.3 Å². The van der Waals surface area contributed by atoms with E-state index in [1.807, 2.05) is 37.4 Å². The molecule has 0 fully saturated rings. The zero-order chi connectivity index (χ0) is 13.8. The largest absolute Gasteiger partial charge is 0.465 e. The molecule has 19 heavy (non-hydrogen) atoms. The molecule has 0 amide bonds. The summed E-state index contributed by atoms with van der Waals surface area (Å²) in [7, 11) is 1.39. The van der Waals surface area contributed by atoms with Gasteiger partial charge in [0.05, 0.1) is 29.9 Å². The van der Waals surface area contributed by atoms with Gasteiger partial charge in [-0.05, 0) is 26.0 Å². The van der Waals surface area contributed by atoms with Crippen LogP contribution >= 0.6 is 11.3 Å². The van der Waals surface area contributed by atoms with E-state index in [1.165, 1.54) is 7.11 Å². The number of benzene rings is 1. The molecule has 0 bridgehead atoms. The number of carbonyl (C=O) groups excluding carboxylic acids is 1. The SMILES string of the molecule is COC(=O)c1cc(C)ccc1NC(C)c1cscn1. The van der Waals surface area contributed by atoms with Gasteiger partial charge < -0.3 is 10.1 Å². The van der Waals surface area contributed by atoms with Crippen LogP contribution in [0.5, 0.6) is 0 Å². The number of hydrogen-bond donors (Lipinski definition) is 1. The van der Waals surface area contributed by atoms with Crippen molar-refractivity contribution >= 4 is 23.0 Å². The van der Waals surface area contributed by atoms with Crippen LogP contribution in [0.15, 0.2) is 29.1 Å². The quantitative estimate of drug-likeness (QED) is 0.869. The fourth-order valence-electron chi connectivity index (χ4n) is 1.81. The van der Waals surface area contributed by atoms with Crippen molar-refractivity contribution < 1.29 is 9.53 Å². The second-order valence-electron chi connectivity index (χ2n) is 4.32. The number of nitrogens with one attached hydrogen (secondary N) is 1. The number of esters is 1. The summed E-state index contributed by atoms with van der Waals surface area (Å²) in [6.07, 6.45) is 0. The van der Waals surface area contributed by atoms with E-state index >= 15 is 0 Å². The molecular weight excluding hydrogens is 260 g/mol. The number of aromatic nitrogens is 1. The van der Waals surface area contributed by atoms with Gasteiger partial charge in [-0.25, -0.2) is 9.78 Å². The highest BCUT2D eigenvalue weighted by molar-refractivity contribution is 7.07. The molecule has 0 saturated heterocycles. The third-order valence-electron chi connectivity index (χ3n) is 2.85. The van der Waals surface area contributed by atoms with E-state index in [0.717, 1.165) is 16.9 Å². The van der Waals surface area contributed by atoms with Gasteiger partial charge in [-0.15, -0.1) is 11.3 Å². The molecule has 0 spiro atoms. The highest BCUT2D eigenvalue weighted by atomic mass is 32.1. The molecule has 100 valence electrons. The maximum Gasteiger partial charge on any atom is 0.339 e. The summed E-state index contributed by atoms with van der Waals surface area (Å²) in [5.74, 6) is -0.336. The normalized spacial score (nSPS) is 11.9. The molecule has 0 aliphatic carbocycles. The van der Waals surface area contributed by atoms with Gasteiger partial charge in [0.15, 0.2) is 0 Å². The minimum atomic E-state index is -0.336. The molecule has 1 N–H and O–H groups in total. The highest BCUT2D eigenvalue weighted by Crippen LogP contribution is 2.24. The first-order valence-corrected chi connectivity index (χ1v) is 6.89. The molecule has 0 aliphatic rings. The standard InChI is InChI=1S/C14H16N2O2S/c1-9-4-5-12(11(6-9)14(17)18-3)16-10(2)13-7-19-8-15-13/h4-8,10,16H,1-3H3. The first kappa shape index (κ1) is 13.5. The van der Waals surface area contributed by atoms with Crippen LogP contribution in [-0.2, 0) is 4.74 Å². The van der Waals surface area contributed by atoms with Crippen LogP contribution in [0.2, 0.25) is 0 Å². The second-order valence-corrected chi connectivity index (χ2v) is 5.04. The lowest BCUT2D eigenvalue weighted by molar-refractivity contribution is 0.0601. The van der Waals surface area contributed by atoms with Gasteiger partial charge in [-0.2, -0.15) is 0 Å². The van der Waals surface area contributed by atoms with Gasteiger partial charge in [0.25, 0.3) is 0 Å². The third-order valence-corrected chi connectivity index (χ3v) is 3.45. The van der Waals surface area contributed by atoms with E-state index in [9.17, 15) is 4.79 Å². The molecule has 1 aromatic heterocycles. The summed E-state index contributed by atoms with van der Waals surface area (Å²) in [6.45, 7) is 3.95. The molecule has 2 rings (SSSR count). The maximum atomic E-state index is 11.8. The Balaban J connectivity index is 2.27. The number of aryl methyl sites for hydroxylation is 1. The average Bonchev–Trinajstić information content (AvgIpc) is 2.94. The lowest BCUT2D eigenvalue weighted by atomic mass is 10.1. The van der Waals surface area contributed by atoms with Crippen molar-refractivity contribution in [3.05, 3.63) is 45.9 Å². The molecule has 1 atom stereocenters. The van der Waals surface area contributed by atoms with Gasteiger partial charge in [-0.1, -0.05) is 11.6 Å². The van der Waals surface area contributed by atoms with Crippen LogP contribution in [0.4, 0.5) is 5.69 Å². The summed E-state index contributed by atoms with van der Waals surface area (Å²) in [6, 6.07) is 5.71. The second kappa shape index (κ2) is 5.84. The van der Waals surface area contributed by atoms with Crippen LogP contribution in [0.1, 0.15) is 34.6 Å². The summed E-state index contributed by atoms with van der Waals surface area (Å²) < 4.78 is 4.81. The number of ether oxygens (including phenoxy) is 1. The number of nitrogens with zero attached hydrogens (tertiary/aromatic N) is 1. The Labute approximate surface area is 116 Å². The van der Waals surface area contributed by atoms with Crippen LogP contribution < -0.4 is 5.32 Å². The molecule has 1 aromatic carbocycles. The van der Waals surface area contributed by atoms with E-state index in [1.54, 1.807) is 16.8 Å². The zero-order valence-electron chi connectivity index (χ0n) is 11.1. The van der Waals surface area contributed by atoms with Crippen molar-refractivity contribution in [1.29, 1.82) is 0 Å². The van der Waals surface area contributed by atoms with Gasteiger partial charge in [0.2, 0.25) is 0 Å². The van der Waals surface area contributed by atoms with Crippen molar-refractivity contribution in [2.24, 2.45) is 0 Å². The molecule has 1 unspecified atom stereocenters. The molecular formula is C14H16N2O2S. The minimum Gasteiger partial charge on any atom is -0.465 e. The van der Waals surface area contributed by atoms with E-state index in [0.29, 0.717) is 5.56 Å². The van der Waals surface area contributed by atoms with Crippen LogP contribution in [-0.4, -0.2) is 18.1 Å². The lowest BCUT2D eigenvalue weighted by Gasteiger charge is -2.16. The summed E-state index contributed by atoms with van der Waals surface area (Å²) in [5.41, 5.74) is 5.08. The topological polar surface area (TPSA) is 51.2 Å². The molecule has 5 heteroatoms. The molecule has 0 saturated carbocycles. The molecule has 1 heterocycles. The van der Waals surface area contributed by atoms with Crippen molar-refractivity contribution in [2.45, 2.75) is 19.9 Å². The third kappa shape index (κ3) is 3.12. The Morgan fingerprint density at radius 2 is 2.26 bits per heavy atom. The molecule has 2 aromatic rings. The smallest absolute Gasteiger partial charge is 0.339 e.